The second kappa shape index (κ2) is 6.00. The third-order valence-corrected chi connectivity index (χ3v) is 6.63. The van der Waals surface area contributed by atoms with E-state index in [2.05, 4.69) is 23.6 Å². The van der Waals surface area contributed by atoms with Crippen LogP contribution in [0.4, 0.5) is 10.1 Å². The Morgan fingerprint density at radius 3 is 2.68 bits per heavy atom. The van der Waals surface area contributed by atoms with Crippen LogP contribution in [0.2, 0.25) is 0 Å². The number of carbonyl (C=O) groups excluding carboxylic acids is 1. The van der Waals surface area contributed by atoms with Gasteiger partial charge in [0.2, 0.25) is 5.91 Å². The SMILES string of the molecule is CC1(C)CC2(CCCN2C(=O)C2CCCC2)CN1c1cccc(F)c1. The second-order valence-corrected chi connectivity index (χ2v) is 8.85. The molecule has 1 saturated carbocycles. The highest BCUT2D eigenvalue weighted by atomic mass is 19.1. The Balaban J connectivity index is 1.62. The van der Waals surface area contributed by atoms with E-state index >= 15 is 0 Å². The molecule has 4 rings (SSSR count). The number of hydrogen-bond acceptors (Lipinski definition) is 2. The van der Waals surface area contributed by atoms with E-state index in [1.165, 1.54) is 18.9 Å². The molecule has 2 saturated heterocycles. The van der Waals surface area contributed by atoms with E-state index in [4.69, 9.17) is 0 Å². The molecule has 4 heteroatoms. The van der Waals surface area contributed by atoms with Crippen molar-refractivity contribution in [1.82, 2.24) is 4.90 Å². The van der Waals surface area contributed by atoms with E-state index < -0.39 is 0 Å². The van der Waals surface area contributed by atoms with Crippen LogP contribution >= 0.6 is 0 Å². The van der Waals surface area contributed by atoms with Crippen molar-refractivity contribution in [3.63, 3.8) is 0 Å². The predicted octanol–water partition coefficient (Wildman–Crippen LogP) is 4.37. The average molecular weight is 344 g/mol. The van der Waals surface area contributed by atoms with E-state index in [-0.39, 0.29) is 22.8 Å². The molecule has 0 aromatic heterocycles. The predicted molar refractivity (Wildman–Crippen MR) is 98.1 cm³/mol. The quantitative estimate of drug-likeness (QED) is 0.795. The summed E-state index contributed by atoms with van der Waals surface area (Å²) in [6.45, 7) is 6.16. The van der Waals surface area contributed by atoms with Crippen LogP contribution in [-0.4, -0.2) is 35.0 Å². The van der Waals surface area contributed by atoms with Crippen molar-refractivity contribution in [2.45, 2.75) is 69.9 Å². The molecule has 1 amide bonds. The summed E-state index contributed by atoms with van der Waals surface area (Å²) < 4.78 is 13.8. The lowest BCUT2D eigenvalue weighted by molar-refractivity contribution is -0.139. The van der Waals surface area contributed by atoms with Gasteiger partial charge in [0.15, 0.2) is 0 Å². The van der Waals surface area contributed by atoms with Crippen molar-refractivity contribution in [1.29, 1.82) is 0 Å². The summed E-state index contributed by atoms with van der Waals surface area (Å²) in [5.74, 6) is 0.424. The molecule has 1 unspecified atom stereocenters. The summed E-state index contributed by atoms with van der Waals surface area (Å²) in [5.41, 5.74) is 0.781. The zero-order chi connectivity index (χ0) is 17.7. The number of amides is 1. The average Bonchev–Trinajstić information content (AvgIpc) is 3.26. The molecular formula is C21H29FN2O. The van der Waals surface area contributed by atoms with Gasteiger partial charge in [-0.05, 0) is 64.2 Å². The van der Waals surface area contributed by atoms with Gasteiger partial charge in [0.05, 0.1) is 5.54 Å². The van der Waals surface area contributed by atoms with Crippen LogP contribution in [0.3, 0.4) is 0 Å². The fourth-order valence-electron chi connectivity index (χ4n) is 5.57. The van der Waals surface area contributed by atoms with Crippen LogP contribution in [-0.2, 0) is 4.79 Å². The maximum Gasteiger partial charge on any atom is 0.226 e. The largest absolute Gasteiger partial charge is 0.364 e. The van der Waals surface area contributed by atoms with Gasteiger partial charge in [-0.2, -0.15) is 0 Å². The first-order chi connectivity index (χ1) is 11.9. The van der Waals surface area contributed by atoms with Crippen molar-refractivity contribution in [3.05, 3.63) is 30.1 Å². The fraction of sp³-hybridized carbons (Fsp3) is 0.667. The molecule has 25 heavy (non-hydrogen) atoms. The minimum atomic E-state index is -0.195. The third kappa shape index (κ3) is 2.84. The van der Waals surface area contributed by atoms with Crippen molar-refractivity contribution in [3.8, 4) is 0 Å². The molecule has 1 aromatic rings. The Hall–Kier alpha value is -1.58. The Morgan fingerprint density at radius 2 is 1.96 bits per heavy atom. The van der Waals surface area contributed by atoms with Gasteiger partial charge in [0.25, 0.3) is 0 Å². The number of rotatable bonds is 2. The Labute approximate surface area is 150 Å². The summed E-state index contributed by atoms with van der Waals surface area (Å²) in [4.78, 5) is 17.7. The lowest BCUT2D eigenvalue weighted by atomic mass is 9.87. The molecular weight excluding hydrogens is 315 g/mol. The maximum absolute atomic E-state index is 13.8. The molecule has 2 heterocycles. The van der Waals surface area contributed by atoms with Gasteiger partial charge < -0.3 is 9.80 Å². The van der Waals surface area contributed by atoms with Crippen molar-refractivity contribution < 1.29 is 9.18 Å². The van der Waals surface area contributed by atoms with Gasteiger partial charge in [0.1, 0.15) is 5.82 Å². The minimum absolute atomic E-state index is 0.0739. The molecule has 0 radical (unpaired) electrons. The maximum atomic E-state index is 13.8. The van der Waals surface area contributed by atoms with E-state index in [0.717, 1.165) is 50.9 Å². The number of likely N-dealkylation sites (tertiary alicyclic amines) is 1. The van der Waals surface area contributed by atoms with E-state index in [1.54, 1.807) is 12.1 Å². The van der Waals surface area contributed by atoms with Crippen LogP contribution in [0.15, 0.2) is 24.3 Å². The van der Waals surface area contributed by atoms with Crippen LogP contribution in [0.25, 0.3) is 0 Å². The summed E-state index contributed by atoms with van der Waals surface area (Å²) in [7, 11) is 0. The van der Waals surface area contributed by atoms with E-state index in [1.807, 2.05) is 6.07 Å². The number of benzene rings is 1. The number of anilines is 1. The van der Waals surface area contributed by atoms with Gasteiger partial charge in [0, 0.05) is 30.2 Å². The molecule has 0 N–H and O–H groups in total. The minimum Gasteiger partial charge on any atom is -0.364 e. The fourth-order valence-corrected chi connectivity index (χ4v) is 5.57. The zero-order valence-corrected chi connectivity index (χ0v) is 15.4. The number of nitrogens with zero attached hydrogens (tertiary/aromatic N) is 2. The first-order valence-corrected chi connectivity index (χ1v) is 9.76. The normalized spacial score (nSPS) is 29.1. The number of halogens is 1. The van der Waals surface area contributed by atoms with Gasteiger partial charge >= 0.3 is 0 Å². The van der Waals surface area contributed by atoms with Gasteiger partial charge in [-0.15, -0.1) is 0 Å². The summed E-state index contributed by atoms with van der Waals surface area (Å²) in [6.07, 6.45) is 7.63. The summed E-state index contributed by atoms with van der Waals surface area (Å²) in [5, 5.41) is 0. The molecule has 1 spiro atoms. The van der Waals surface area contributed by atoms with Crippen LogP contribution in [0, 0.1) is 11.7 Å². The molecule has 2 aliphatic heterocycles. The molecule has 3 nitrogen and oxygen atoms in total. The van der Waals surface area contributed by atoms with Crippen LogP contribution in [0.5, 0.6) is 0 Å². The van der Waals surface area contributed by atoms with E-state index in [9.17, 15) is 9.18 Å². The standard InChI is InChI=1S/C21H29FN2O/c1-20(2)14-21(15-24(20)18-10-5-9-17(22)13-18)11-6-12-23(21)19(25)16-7-3-4-8-16/h5,9-10,13,16H,3-4,6-8,11-12,14-15H2,1-2H3. The van der Waals surface area contributed by atoms with Gasteiger partial charge in [-0.3, -0.25) is 4.79 Å². The summed E-state index contributed by atoms with van der Waals surface area (Å²) in [6, 6.07) is 6.89. The monoisotopic (exact) mass is 344 g/mol. The van der Waals surface area contributed by atoms with Crippen molar-refractivity contribution >= 4 is 11.6 Å². The Bertz CT molecular complexity index is 668. The first-order valence-electron chi connectivity index (χ1n) is 9.76. The molecule has 0 bridgehead atoms. The van der Waals surface area contributed by atoms with Crippen molar-refractivity contribution in [2.24, 2.45) is 5.92 Å². The smallest absolute Gasteiger partial charge is 0.226 e. The van der Waals surface area contributed by atoms with Gasteiger partial charge in [-0.25, -0.2) is 4.39 Å². The molecule has 3 fully saturated rings. The van der Waals surface area contributed by atoms with Gasteiger partial charge in [-0.1, -0.05) is 18.9 Å². The highest BCUT2D eigenvalue weighted by molar-refractivity contribution is 5.80. The third-order valence-electron chi connectivity index (χ3n) is 6.63. The lowest BCUT2D eigenvalue weighted by Gasteiger charge is -2.37. The highest BCUT2D eigenvalue weighted by Crippen LogP contribution is 2.48. The number of carbonyl (C=O) groups is 1. The van der Waals surface area contributed by atoms with Crippen LogP contribution in [0.1, 0.15) is 58.8 Å². The first kappa shape index (κ1) is 16.9. The van der Waals surface area contributed by atoms with E-state index in [0.29, 0.717) is 5.91 Å². The van der Waals surface area contributed by atoms with Crippen molar-refractivity contribution in [2.75, 3.05) is 18.0 Å². The topological polar surface area (TPSA) is 23.6 Å². The van der Waals surface area contributed by atoms with Crippen LogP contribution < -0.4 is 4.90 Å². The summed E-state index contributed by atoms with van der Waals surface area (Å²) >= 11 is 0. The molecule has 136 valence electrons. The Kier molecular flexibility index (Phi) is 4.04. The molecule has 1 atom stereocenters. The highest BCUT2D eigenvalue weighted by Gasteiger charge is 2.55. The zero-order valence-electron chi connectivity index (χ0n) is 15.4. The molecule has 1 aliphatic carbocycles. The second-order valence-electron chi connectivity index (χ2n) is 8.85. The molecule has 3 aliphatic rings. The number of hydrogen-bond donors (Lipinski definition) is 0. The Morgan fingerprint density at radius 1 is 1.20 bits per heavy atom. The molecule has 1 aromatic carbocycles. The lowest BCUT2D eigenvalue weighted by Crippen LogP contribution is -2.51.